The number of carbonyl (C=O) groups is 1. The third kappa shape index (κ3) is 5.05. The number of nitrogens with one attached hydrogen (secondary N) is 2. The number of anilines is 1. The quantitative estimate of drug-likeness (QED) is 0.545. The molecule has 0 radical (unpaired) electrons. The maximum absolute atomic E-state index is 13.4. The molecule has 2 N–H and O–H groups in total. The van der Waals surface area contributed by atoms with Gasteiger partial charge in [0, 0.05) is 17.1 Å². The molecule has 0 atom stereocenters. The highest BCUT2D eigenvalue weighted by molar-refractivity contribution is 7.93. The fraction of sp³-hybridized carbons (Fsp3) is 0.111. The van der Waals surface area contributed by atoms with Crippen LogP contribution < -0.4 is 14.8 Å². The molecular formula is C18H16FN3O4S2. The molecule has 1 amide bonds. The second kappa shape index (κ2) is 8.81. The predicted molar refractivity (Wildman–Crippen MR) is 104 cm³/mol. The number of aromatic nitrogens is 1. The first-order valence-corrected chi connectivity index (χ1v) is 10.5. The van der Waals surface area contributed by atoms with E-state index >= 15 is 0 Å². The molecule has 10 heteroatoms. The van der Waals surface area contributed by atoms with Gasteiger partial charge in [0.05, 0.1) is 11.4 Å². The van der Waals surface area contributed by atoms with Crippen molar-refractivity contribution in [2.24, 2.45) is 0 Å². The van der Waals surface area contributed by atoms with Gasteiger partial charge in [0.15, 0.2) is 16.7 Å². The zero-order valence-corrected chi connectivity index (χ0v) is 16.1. The van der Waals surface area contributed by atoms with E-state index in [1.807, 2.05) is 0 Å². The van der Waals surface area contributed by atoms with Crippen LogP contribution in [0.4, 0.5) is 9.52 Å². The lowest BCUT2D eigenvalue weighted by Crippen LogP contribution is -2.28. The summed E-state index contributed by atoms with van der Waals surface area (Å²) in [5.41, 5.74) is 0.291. The average Bonchev–Trinajstić information content (AvgIpc) is 3.19. The van der Waals surface area contributed by atoms with E-state index in [1.54, 1.807) is 17.5 Å². The van der Waals surface area contributed by atoms with Gasteiger partial charge < -0.3 is 10.1 Å². The molecule has 3 rings (SSSR count). The molecule has 1 heterocycles. The summed E-state index contributed by atoms with van der Waals surface area (Å²) in [4.78, 5) is 16.0. The Balaban J connectivity index is 1.53. The summed E-state index contributed by atoms with van der Waals surface area (Å²) in [7, 11) is -3.77. The van der Waals surface area contributed by atoms with Crippen LogP contribution in [-0.2, 0) is 10.0 Å². The average molecular weight is 421 g/mol. The van der Waals surface area contributed by atoms with Crippen LogP contribution in [0.1, 0.15) is 10.4 Å². The van der Waals surface area contributed by atoms with E-state index in [0.29, 0.717) is 5.56 Å². The highest BCUT2D eigenvalue weighted by Gasteiger charge is 2.16. The first-order valence-electron chi connectivity index (χ1n) is 8.13. The molecular weight excluding hydrogens is 405 g/mol. The van der Waals surface area contributed by atoms with Crippen molar-refractivity contribution in [1.29, 1.82) is 0 Å². The molecule has 3 aromatic rings. The van der Waals surface area contributed by atoms with Crippen molar-refractivity contribution in [3.63, 3.8) is 0 Å². The van der Waals surface area contributed by atoms with Gasteiger partial charge in [-0.15, -0.1) is 11.3 Å². The zero-order valence-electron chi connectivity index (χ0n) is 14.5. The van der Waals surface area contributed by atoms with E-state index in [4.69, 9.17) is 4.74 Å². The van der Waals surface area contributed by atoms with Crippen LogP contribution in [0, 0.1) is 5.82 Å². The highest BCUT2D eigenvalue weighted by atomic mass is 32.2. The van der Waals surface area contributed by atoms with Crippen LogP contribution >= 0.6 is 11.3 Å². The van der Waals surface area contributed by atoms with Crippen LogP contribution in [0.15, 0.2) is 65.0 Å². The summed E-state index contributed by atoms with van der Waals surface area (Å²) in [5, 5.41) is 4.54. The molecule has 0 spiro atoms. The highest BCUT2D eigenvalue weighted by Crippen LogP contribution is 2.18. The van der Waals surface area contributed by atoms with Crippen molar-refractivity contribution in [3.05, 3.63) is 71.5 Å². The van der Waals surface area contributed by atoms with Gasteiger partial charge in [0.25, 0.3) is 15.9 Å². The minimum atomic E-state index is -3.77. The largest absolute Gasteiger partial charge is 0.489 e. The second-order valence-electron chi connectivity index (χ2n) is 5.50. The molecule has 0 aliphatic carbocycles. The predicted octanol–water partition coefficient (Wildman–Crippen LogP) is 2.89. The van der Waals surface area contributed by atoms with E-state index in [1.165, 1.54) is 42.6 Å². The van der Waals surface area contributed by atoms with Gasteiger partial charge in [0.1, 0.15) is 6.61 Å². The minimum Gasteiger partial charge on any atom is -0.489 e. The normalized spacial score (nSPS) is 11.0. The van der Waals surface area contributed by atoms with Gasteiger partial charge in [0.2, 0.25) is 0 Å². The number of hydrogen-bond acceptors (Lipinski definition) is 6. The van der Waals surface area contributed by atoms with E-state index in [2.05, 4.69) is 15.0 Å². The maximum atomic E-state index is 13.4. The lowest BCUT2D eigenvalue weighted by molar-refractivity contribution is 0.0946. The monoisotopic (exact) mass is 421 g/mol. The Morgan fingerprint density at radius 3 is 2.57 bits per heavy atom. The summed E-state index contributed by atoms with van der Waals surface area (Å²) in [6, 6.07) is 11.5. The summed E-state index contributed by atoms with van der Waals surface area (Å²) < 4.78 is 45.6. The Morgan fingerprint density at radius 1 is 1.14 bits per heavy atom. The number of rotatable bonds is 8. The number of amides is 1. The topological polar surface area (TPSA) is 97.4 Å². The van der Waals surface area contributed by atoms with Gasteiger partial charge in [-0.2, -0.15) is 0 Å². The lowest BCUT2D eigenvalue weighted by Gasteiger charge is -2.09. The summed E-state index contributed by atoms with van der Waals surface area (Å²) in [6.45, 7) is 0.260. The summed E-state index contributed by atoms with van der Waals surface area (Å²) in [5.74, 6) is -0.759. The number of thiazole rings is 1. The van der Waals surface area contributed by atoms with Gasteiger partial charge in [-0.05, 0) is 36.4 Å². The number of ether oxygens (including phenoxy) is 1. The number of hydrogen-bond donors (Lipinski definition) is 2. The van der Waals surface area contributed by atoms with Crippen molar-refractivity contribution in [1.82, 2.24) is 10.3 Å². The molecule has 146 valence electrons. The first-order chi connectivity index (χ1) is 13.5. The number of sulfonamides is 1. The molecule has 2 aromatic carbocycles. The SMILES string of the molecule is O=C(NCCOc1ccccc1F)c1ccc(S(=O)(=O)Nc2nccs2)cc1. The van der Waals surface area contributed by atoms with Gasteiger partial charge in [-0.3, -0.25) is 9.52 Å². The number of nitrogens with zero attached hydrogens (tertiary/aromatic N) is 1. The van der Waals surface area contributed by atoms with Gasteiger partial charge in [-0.25, -0.2) is 17.8 Å². The molecule has 0 saturated carbocycles. The lowest BCUT2D eigenvalue weighted by atomic mass is 10.2. The maximum Gasteiger partial charge on any atom is 0.263 e. The van der Waals surface area contributed by atoms with E-state index in [9.17, 15) is 17.6 Å². The van der Waals surface area contributed by atoms with E-state index in [0.717, 1.165) is 11.3 Å². The smallest absolute Gasteiger partial charge is 0.263 e. The van der Waals surface area contributed by atoms with Crippen LogP contribution in [0.25, 0.3) is 0 Å². The summed E-state index contributed by atoms with van der Waals surface area (Å²) >= 11 is 1.16. The molecule has 0 bridgehead atoms. The zero-order chi connectivity index (χ0) is 20.0. The number of benzene rings is 2. The number of carbonyl (C=O) groups excluding carboxylic acids is 1. The first kappa shape index (κ1) is 19.8. The Morgan fingerprint density at radius 2 is 1.89 bits per heavy atom. The molecule has 0 fully saturated rings. The van der Waals surface area contributed by atoms with E-state index < -0.39 is 21.7 Å². The molecule has 7 nitrogen and oxygen atoms in total. The third-order valence-electron chi connectivity index (χ3n) is 3.56. The molecule has 1 aromatic heterocycles. The van der Waals surface area contributed by atoms with Crippen LogP contribution in [0.2, 0.25) is 0 Å². The second-order valence-corrected chi connectivity index (χ2v) is 8.08. The third-order valence-corrected chi connectivity index (χ3v) is 5.74. The van der Waals surface area contributed by atoms with Crippen molar-refractivity contribution in [2.75, 3.05) is 17.9 Å². The molecule has 0 aliphatic heterocycles. The van der Waals surface area contributed by atoms with Crippen LogP contribution in [0.3, 0.4) is 0 Å². The number of para-hydroxylation sites is 1. The van der Waals surface area contributed by atoms with E-state index in [-0.39, 0.29) is 28.9 Å². The van der Waals surface area contributed by atoms with Crippen molar-refractivity contribution >= 4 is 32.4 Å². The molecule has 0 saturated heterocycles. The Kier molecular flexibility index (Phi) is 6.22. The van der Waals surface area contributed by atoms with Gasteiger partial charge in [-0.1, -0.05) is 12.1 Å². The standard InChI is InChI=1S/C18H16FN3O4S2/c19-15-3-1-2-4-16(15)26-11-9-20-17(23)13-5-7-14(8-6-13)28(24,25)22-18-21-10-12-27-18/h1-8,10,12H,9,11H2,(H,20,23)(H,21,22). The molecule has 0 aliphatic rings. The Labute approximate surface area is 165 Å². The fourth-order valence-corrected chi connectivity index (χ4v) is 4.01. The minimum absolute atomic E-state index is 0.0159. The van der Waals surface area contributed by atoms with Crippen LogP contribution in [-0.4, -0.2) is 32.5 Å². The van der Waals surface area contributed by atoms with Crippen molar-refractivity contribution in [3.8, 4) is 5.75 Å². The number of halogens is 1. The Hall–Kier alpha value is -2.98. The molecule has 0 unspecified atom stereocenters. The fourth-order valence-electron chi connectivity index (χ4n) is 2.22. The van der Waals surface area contributed by atoms with Crippen molar-refractivity contribution < 1.29 is 22.3 Å². The Bertz CT molecular complexity index is 1040. The van der Waals surface area contributed by atoms with Gasteiger partial charge >= 0.3 is 0 Å². The summed E-state index contributed by atoms with van der Waals surface area (Å²) in [6.07, 6.45) is 1.49. The van der Waals surface area contributed by atoms with Crippen LogP contribution in [0.5, 0.6) is 5.75 Å². The van der Waals surface area contributed by atoms with Crippen molar-refractivity contribution in [2.45, 2.75) is 4.90 Å². The molecule has 28 heavy (non-hydrogen) atoms.